The molecule has 0 aliphatic carbocycles. The summed E-state index contributed by atoms with van der Waals surface area (Å²) < 4.78 is 11.1. The van der Waals surface area contributed by atoms with Gasteiger partial charge in [0.15, 0.2) is 5.76 Å². The molecule has 7 nitrogen and oxygen atoms in total. The van der Waals surface area contributed by atoms with E-state index in [2.05, 4.69) is 20.4 Å². The van der Waals surface area contributed by atoms with Crippen LogP contribution >= 0.6 is 23.2 Å². The number of hydrogen-bond acceptors (Lipinski definition) is 7. The summed E-state index contributed by atoms with van der Waals surface area (Å²) in [5.41, 5.74) is 2.59. The fourth-order valence-electron chi connectivity index (χ4n) is 3.35. The van der Waals surface area contributed by atoms with Crippen LogP contribution in [0.15, 0.2) is 47.1 Å². The molecule has 1 aliphatic heterocycles. The molecule has 1 N–H and O–H groups in total. The van der Waals surface area contributed by atoms with Gasteiger partial charge in [-0.2, -0.15) is 0 Å². The highest BCUT2D eigenvalue weighted by molar-refractivity contribution is 6.39. The van der Waals surface area contributed by atoms with Crippen molar-refractivity contribution in [1.29, 1.82) is 0 Å². The molecule has 1 atom stereocenters. The van der Waals surface area contributed by atoms with Crippen molar-refractivity contribution in [2.75, 3.05) is 31.6 Å². The number of ether oxygens (including phenoxy) is 1. The molecular formula is C21H20Cl2N4O3. The lowest BCUT2D eigenvalue weighted by atomic mass is 10.1. The van der Waals surface area contributed by atoms with E-state index in [0.29, 0.717) is 59.1 Å². The lowest BCUT2D eigenvalue weighted by Gasteiger charge is -2.35. The molecule has 4 rings (SSSR count). The van der Waals surface area contributed by atoms with Crippen LogP contribution in [-0.4, -0.2) is 53.3 Å². The third-order valence-corrected chi connectivity index (χ3v) is 5.37. The first-order valence-corrected chi connectivity index (χ1v) is 10.2. The average Bonchev–Trinajstić information content (AvgIpc) is 3.19. The van der Waals surface area contributed by atoms with Gasteiger partial charge in [-0.3, -0.25) is 14.7 Å². The highest BCUT2D eigenvalue weighted by Gasteiger charge is 2.24. The quantitative estimate of drug-likeness (QED) is 0.601. The molecule has 1 saturated heterocycles. The van der Waals surface area contributed by atoms with Crippen LogP contribution in [0.3, 0.4) is 0 Å². The molecule has 0 radical (unpaired) electrons. The van der Waals surface area contributed by atoms with Gasteiger partial charge in [0.2, 0.25) is 0 Å². The summed E-state index contributed by atoms with van der Waals surface area (Å²) in [5.74, 6) is 0.608. The summed E-state index contributed by atoms with van der Waals surface area (Å²) in [6, 6.07) is 10.7. The number of halogens is 2. The van der Waals surface area contributed by atoms with Crippen molar-refractivity contribution >= 4 is 34.7 Å². The second-order valence-electron chi connectivity index (χ2n) is 7.01. The Hall–Kier alpha value is -2.45. The number of morpholine rings is 1. The van der Waals surface area contributed by atoms with Crippen molar-refractivity contribution in [3.63, 3.8) is 0 Å². The minimum absolute atomic E-state index is 0.106. The predicted molar refractivity (Wildman–Crippen MR) is 116 cm³/mol. The van der Waals surface area contributed by atoms with Crippen molar-refractivity contribution in [2.24, 2.45) is 0 Å². The Kier molecular flexibility index (Phi) is 6.34. The first-order chi connectivity index (χ1) is 14.5. The van der Waals surface area contributed by atoms with E-state index >= 15 is 0 Å². The summed E-state index contributed by atoms with van der Waals surface area (Å²) >= 11 is 12.5. The van der Waals surface area contributed by atoms with Crippen LogP contribution in [0.4, 0.5) is 5.69 Å². The zero-order valence-electron chi connectivity index (χ0n) is 16.3. The highest BCUT2D eigenvalue weighted by atomic mass is 35.5. The summed E-state index contributed by atoms with van der Waals surface area (Å²) in [4.78, 5) is 18.0. The molecular weight excluding hydrogens is 427 g/mol. The number of nitrogens with zero attached hydrogens (tertiary/aromatic N) is 3. The molecule has 9 heteroatoms. The molecule has 0 amide bonds. The normalized spacial score (nSPS) is 17.1. The van der Waals surface area contributed by atoms with E-state index < -0.39 is 0 Å². The molecule has 1 aromatic carbocycles. The van der Waals surface area contributed by atoms with E-state index in [9.17, 15) is 4.79 Å². The standard InChI is InChI=1S/C21H20Cl2N4O3/c1-13(28)11-27-7-8-29-12-20(27)25-14-5-6-24-17(9-14)19-10-18(26-30-19)21-15(22)3-2-4-16(21)23/h2-6,9-10,20H,7-8,11-12H2,1H3,(H,24,25). The first kappa shape index (κ1) is 20.8. The number of rotatable bonds is 6. The highest BCUT2D eigenvalue weighted by Crippen LogP contribution is 2.35. The van der Waals surface area contributed by atoms with Crippen molar-refractivity contribution in [3.05, 3.63) is 52.6 Å². The van der Waals surface area contributed by atoms with Crippen LogP contribution < -0.4 is 5.32 Å². The SMILES string of the molecule is CC(=O)CN1CCOCC1Nc1ccnc(-c2cc(-c3c(Cl)cccc3Cl)no2)c1. The second-order valence-corrected chi connectivity index (χ2v) is 7.82. The molecule has 1 unspecified atom stereocenters. The van der Waals surface area contributed by atoms with Gasteiger partial charge in [-0.25, -0.2) is 0 Å². The molecule has 3 heterocycles. The Bertz CT molecular complexity index is 1040. The van der Waals surface area contributed by atoms with E-state index in [1.54, 1.807) is 37.4 Å². The van der Waals surface area contributed by atoms with Gasteiger partial charge in [-0.15, -0.1) is 0 Å². The van der Waals surface area contributed by atoms with E-state index in [0.717, 1.165) is 5.69 Å². The van der Waals surface area contributed by atoms with Gasteiger partial charge in [-0.1, -0.05) is 34.4 Å². The molecule has 1 aliphatic rings. The lowest BCUT2D eigenvalue weighted by Crippen LogP contribution is -2.51. The van der Waals surface area contributed by atoms with Crippen molar-refractivity contribution in [1.82, 2.24) is 15.0 Å². The Morgan fingerprint density at radius 1 is 1.23 bits per heavy atom. The Morgan fingerprint density at radius 2 is 2.03 bits per heavy atom. The van der Waals surface area contributed by atoms with E-state index in [-0.39, 0.29) is 11.9 Å². The van der Waals surface area contributed by atoms with Crippen molar-refractivity contribution in [3.8, 4) is 22.7 Å². The zero-order valence-corrected chi connectivity index (χ0v) is 17.8. The van der Waals surface area contributed by atoms with Crippen LogP contribution in [0, 0.1) is 0 Å². The largest absolute Gasteiger partial charge is 0.377 e. The number of aromatic nitrogens is 2. The molecule has 0 spiro atoms. The second kappa shape index (κ2) is 9.14. The maximum Gasteiger partial charge on any atom is 0.185 e. The molecule has 1 fully saturated rings. The fourth-order valence-corrected chi connectivity index (χ4v) is 3.94. The number of hydrogen-bond donors (Lipinski definition) is 1. The number of carbonyl (C=O) groups is 1. The third-order valence-electron chi connectivity index (χ3n) is 4.74. The molecule has 3 aromatic rings. The number of benzene rings is 1. The minimum Gasteiger partial charge on any atom is -0.377 e. The lowest BCUT2D eigenvalue weighted by molar-refractivity contribution is -0.120. The topological polar surface area (TPSA) is 80.5 Å². The minimum atomic E-state index is -0.106. The van der Waals surface area contributed by atoms with Gasteiger partial charge >= 0.3 is 0 Å². The molecule has 156 valence electrons. The third kappa shape index (κ3) is 4.65. The van der Waals surface area contributed by atoms with Crippen molar-refractivity contribution in [2.45, 2.75) is 13.1 Å². The van der Waals surface area contributed by atoms with Gasteiger partial charge in [-0.05, 0) is 31.2 Å². The smallest absolute Gasteiger partial charge is 0.185 e. The molecule has 0 bridgehead atoms. The molecule has 2 aromatic heterocycles. The molecule has 30 heavy (non-hydrogen) atoms. The monoisotopic (exact) mass is 446 g/mol. The Balaban J connectivity index is 1.55. The average molecular weight is 447 g/mol. The number of pyridine rings is 1. The summed E-state index contributed by atoms with van der Waals surface area (Å²) in [6.07, 6.45) is 1.58. The van der Waals surface area contributed by atoms with Crippen LogP contribution in [0.5, 0.6) is 0 Å². The maximum absolute atomic E-state index is 11.6. The van der Waals surface area contributed by atoms with Crippen molar-refractivity contribution < 1.29 is 14.1 Å². The summed E-state index contributed by atoms with van der Waals surface area (Å²) in [6.45, 7) is 3.76. The van der Waals surface area contributed by atoms with Gasteiger partial charge < -0.3 is 14.6 Å². The van der Waals surface area contributed by atoms with Gasteiger partial charge in [0.25, 0.3) is 0 Å². The zero-order chi connectivity index (χ0) is 21.1. The fraction of sp³-hybridized carbons (Fsp3) is 0.286. The summed E-state index contributed by atoms with van der Waals surface area (Å²) in [7, 11) is 0. The van der Waals surface area contributed by atoms with Gasteiger partial charge in [0.1, 0.15) is 23.3 Å². The molecule has 0 saturated carbocycles. The number of ketones is 1. The van der Waals surface area contributed by atoms with Crippen LogP contribution in [0.1, 0.15) is 6.92 Å². The maximum atomic E-state index is 11.6. The van der Waals surface area contributed by atoms with E-state index in [4.69, 9.17) is 32.5 Å². The van der Waals surface area contributed by atoms with Gasteiger partial charge in [0, 0.05) is 30.1 Å². The predicted octanol–water partition coefficient (Wildman–Crippen LogP) is 4.37. The Morgan fingerprint density at radius 3 is 2.80 bits per heavy atom. The number of nitrogens with one attached hydrogen (secondary N) is 1. The van der Waals surface area contributed by atoms with E-state index in [1.807, 2.05) is 12.1 Å². The van der Waals surface area contributed by atoms with Crippen LogP contribution in [0.25, 0.3) is 22.7 Å². The first-order valence-electron chi connectivity index (χ1n) is 9.46. The van der Waals surface area contributed by atoms with Crippen LogP contribution in [-0.2, 0) is 9.53 Å². The number of anilines is 1. The van der Waals surface area contributed by atoms with Crippen LogP contribution in [0.2, 0.25) is 10.0 Å². The van der Waals surface area contributed by atoms with E-state index in [1.165, 1.54) is 0 Å². The van der Waals surface area contributed by atoms with Gasteiger partial charge in [0.05, 0.1) is 29.8 Å². The number of Topliss-reactive ketones (excluding diaryl/α,β-unsaturated/α-hetero) is 1. The summed E-state index contributed by atoms with van der Waals surface area (Å²) in [5, 5.41) is 8.50. The number of carbonyl (C=O) groups excluding carboxylic acids is 1. The Labute approximate surface area is 183 Å².